The zero-order valence-corrected chi connectivity index (χ0v) is 15.7. The first-order valence-corrected chi connectivity index (χ1v) is 10.2. The molecule has 1 aliphatic rings. The van der Waals surface area contributed by atoms with Crippen molar-refractivity contribution < 1.29 is 4.74 Å². The summed E-state index contributed by atoms with van der Waals surface area (Å²) in [6.45, 7) is 1.29. The molecule has 1 unspecified atom stereocenters. The first-order chi connectivity index (χ1) is 12.2. The van der Waals surface area contributed by atoms with Crippen molar-refractivity contribution in [1.29, 1.82) is 0 Å². The second-order valence-corrected chi connectivity index (χ2v) is 8.56. The zero-order chi connectivity index (χ0) is 17.2. The fraction of sp³-hybridized carbons (Fsp3) is 0.353. The van der Waals surface area contributed by atoms with Gasteiger partial charge in [0, 0.05) is 23.4 Å². The third kappa shape index (κ3) is 3.74. The van der Waals surface area contributed by atoms with E-state index in [1.807, 2.05) is 12.1 Å². The van der Waals surface area contributed by atoms with E-state index >= 15 is 0 Å². The van der Waals surface area contributed by atoms with Crippen molar-refractivity contribution in [1.82, 2.24) is 14.5 Å². The van der Waals surface area contributed by atoms with E-state index in [1.165, 1.54) is 11.8 Å². The average molecular weight is 394 g/mol. The summed E-state index contributed by atoms with van der Waals surface area (Å²) in [5.74, 6) is 0.716. The Morgan fingerprint density at radius 1 is 1.40 bits per heavy atom. The Kier molecular flexibility index (Phi) is 5.08. The maximum atomic E-state index is 12.9. The van der Waals surface area contributed by atoms with Crippen LogP contribution in [0.2, 0.25) is 4.34 Å². The quantitative estimate of drug-likeness (QED) is 0.484. The van der Waals surface area contributed by atoms with Crippen LogP contribution in [0.1, 0.15) is 17.7 Å². The van der Waals surface area contributed by atoms with Gasteiger partial charge in [-0.15, -0.1) is 11.3 Å². The van der Waals surface area contributed by atoms with Gasteiger partial charge in [0.25, 0.3) is 5.56 Å². The Bertz CT molecular complexity index is 950. The van der Waals surface area contributed by atoms with Gasteiger partial charge in [-0.2, -0.15) is 0 Å². The van der Waals surface area contributed by atoms with Crippen molar-refractivity contribution in [3.8, 4) is 0 Å². The molecule has 3 aromatic rings. The Labute approximate surface area is 158 Å². The summed E-state index contributed by atoms with van der Waals surface area (Å²) in [5.41, 5.74) is 0.433. The number of ether oxygens (including phenoxy) is 1. The summed E-state index contributed by atoms with van der Waals surface area (Å²) in [7, 11) is 0. The third-order valence-electron chi connectivity index (χ3n) is 4.08. The molecule has 25 heavy (non-hydrogen) atoms. The molecule has 1 atom stereocenters. The summed E-state index contributed by atoms with van der Waals surface area (Å²) in [6, 6.07) is 7.43. The molecule has 0 aliphatic carbocycles. The molecule has 4 heterocycles. The van der Waals surface area contributed by atoms with E-state index in [2.05, 4.69) is 9.97 Å². The number of rotatable bonds is 5. The second-order valence-electron chi connectivity index (χ2n) is 5.81. The minimum atomic E-state index is -0.0553. The van der Waals surface area contributed by atoms with Crippen molar-refractivity contribution in [2.45, 2.75) is 36.4 Å². The summed E-state index contributed by atoms with van der Waals surface area (Å²) < 4.78 is 8.22. The molecule has 1 aliphatic heterocycles. The number of fused-ring (bicyclic) bond motifs is 1. The maximum absolute atomic E-state index is 12.9. The normalized spacial score (nSPS) is 17.4. The Morgan fingerprint density at radius 3 is 3.08 bits per heavy atom. The summed E-state index contributed by atoms with van der Waals surface area (Å²) in [6.07, 6.45) is 3.75. The molecular weight excluding hydrogens is 378 g/mol. The topological polar surface area (TPSA) is 57.0 Å². The number of pyridine rings is 1. The second kappa shape index (κ2) is 7.45. The summed E-state index contributed by atoms with van der Waals surface area (Å²) in [5, 5.41) is 1.22. The lowest BCUT2D eigenvalue weighted by atomic mass is 10.2. The highest BCUT2D eigenvalue weighted by atomic mass is 35.5. The SMILES string of the molecule is O=c1c2cccnc2nc(SCc2ccc(Cl)s2)n1CC1CCCO1. The molecule has 0 N–H and O–H groups in total. The number of hydrogen-bond acceptors (Lipinski definition) is 6. The van der Waals surface area contributed by atoms with Gasteiger partial charge in [-0.1, -0.05) is 23.4 Å². The molecule has 130 valence electrons. The predicted molar refractivity (Wildman–Crippen MR) is 102 cm³/mol. The van der Waals surface area contributed by atoms with Crippen molar-refractivity contribution in [3.05, 3.63) is 50.0 Å². The minimum absolute atomic E-state index is 0.0553. The van der Waals surface area contributed by atoms with Crippen molar-refractivity contribution in [3.63, 3.8) is 0 Å². The van der Waals surface area contributed by atoms with Crippen LogP contribution in [0.25, 0.3) is 11.0 Å². The van der Waals surface area contributed by atoms with Gasteiger partial charge in [0.15, 0.2) is 10.8 Å². The molecule has 1 fully saturated rings. The fourth-order valence-electron chi connectivity index (χ4n) is 2.86. The number of aromatic nitrogens is 3. The number of nitrogens with zero attached hydrogens (tertiary/aromatic N) is 3. The standard InChI is InChI=1S/C17H16ClN3O2S2/c18-14-6-5-12(25-14)10-24-17-20-15-13(4-1-7-19-15)16(22)21(17)9-11-3-2-8-23-11/h1,4-7,11H,2-3,8-10H2. The molecule has 0 amide bonds. The van der Waals surface area contributed by atoms with E-state index in [-0.39, 0.29) is 11.7 Å². The fourth-order valence-corrected chi connectivity index (χ4v) is 4.99. The molecule has 5 nitrogen and oxygen atoms in total. The smallest absolute Gasteiger partial charge is 0.263 e. The zero-order valence-electron chi connectivity index (χ0n) is 13.4. The number of thioether (sulfide) groups is 1. The lowest BCUT2D eigenvalue weighted by Gasteiger charge is -2.16. The summed E-state index contributed by atoms with van der Waals surface area (Å²) in [4.78, 5) is 23.0. The number of halogens is 1. The van der Waals surface area contributed by atoms with Crippen LogP contribution in [0.3, 0.4) is 0 Å². The Hall–Kier alpha value is -1.41. The highest BCUT2D eigenvalue weighted by molar-refractivity contribution is 7.98. The molecule has 8 heteroatoms. The first-order valence-electron chi connectivity index (χ1n) is 8.05. The van der Waals surface area contributed by atoms with Gasteiger partial charge in [-0.3, -0.25) is 9.36 Å². The van der Waals surface area contributed by atoms with Crippen LogP contribution in [-0.2, 0) is 17.0 Å². The van der Waals surface area contributed by atoms with Crippen LogP contribution >= 0.6 is 34.7 Å². The van der Waals surface area contributed by atoms with E-state index < -0.39 is 0 Å². The Balaban J connectivity index is 1.70. The average Bonchev–Trinajstić information content (AvgIpc) is 3.27. The molecule has 4 rings (SSSR count). The van der Waals surface area contributed by atoms with Gasteiger partial charge in [0.1, 0.15) is 0 Å². The van der Waals surface area contributed by atoms with Gasteiger partial charge in [-0.05, 0) is 37.1 Å². The predicted octanol–water partition coefficient (Wildman–Crippen LogP) is 3.98. The minimum Gasteiger partial charge on any atom is -0.376 e. The third-order valence-corrected chi connectivity index (χ3v) is 6.52. The van der Waals surface area contributed by atoms with Gasteiger partial charge in [0.2, 0.25) is 0 Å². The molecule has 0 spiro atoms. The maximum Gasteiger partial charge on any atom is 0.263 e. The van der Waals surface area contributed by atoms with E-state index in [1.54, 1.807) is 34.2 Å². The van der Waals surface area contributed by atoms with E-state index in [9.17, 15) is 4.79 Å². The monoisotopic (exact) mass is 393 g/mol. The number of thiophene rings is 1. The molecule has 0 bridgehead atoms. The van der Waals surface area contributed by atoms with Crippen LogP contribution in [-0.4, -0.2) is 27.2 Å². The molecule has 0 saturated carbocycles. The molecule has 0 radical (unpaired) electrons. The molecule has 1 saturated heterocycles. The summed E-state index contributed by atoms with van der Waals surface area (Å²) >= 11 is 9.08. The Morgan fingerprint density at radius 2 is 2.32 bits per heavy atom. The van der Waals surface area contributed by atoms with Gasteiger partial charge in [0.05, 0.1) is 22.4 Å². The van der Waals surface area contributed by atoms with E-state index in [0.717, 1.165) is 28.7 Å². The highest BCUT2D eigenvalue weighted by Crippen LogP contribution is 2.28. The number of hydrogen-bond donors (Lipinski definition) is 0. The first kappa shape index (κ1) is 17.0. The van der Waals surface area contributed by atoms with Gasteiger partial charge < -0.3 is 4.74 Å². The van der Waals surface area contributed by atoms with Gasteiger partial charge >= 0.3 is 0 Å². The lowest BCUT2D eigenvalue weighted by Crippen LogP contribution is -2.29. The van der Waals surface area contributed by atoms with Crippen LogP contribution in [0.15, 0.2) is 40.4 Å². The lowest BCUT2D eigenvalue weighted by molar-refractivity contribution is 0.0937. The van der Waals surface area contributed by atoms with Crippen LogP contribution < -0.4 is 5.56 Å². The van der Waals surface area contributed by atoms with Crippen LogP contribution in [0.5, 0.6) is 0 Å². The van der Waals surface area contributed by atoms with Gasteiger partial charge in [-0.25, -0.2) is 9.97 Å². The largest absolute Gasteiger partial charge is 0.376 e. The van der Waals surface area contributed by atoms with E-state index in [0.29, 0.717) is 28.5 Å². The van der Waals surface area contributed by atoms with Crippen molar-refractivity contribution in [2.75, 3.05) is 6.61 Å². The molecular formula is C17H16ClN3O2S2. The van der Waals surface area contributed by atoms with Crippen molar-refractivity contribution in [2.24, 2.45) is 0 Å². The molecule has 3 aromatic heterocycles. The highest BCUT2D eigenvalue weighted by Gasteiger charge is 2.20. The van der Waals surface area contributed by atoms with Crippen LogP contribution in [0.4, 0.5) is 0 Å². The van der Waals surface area contributed by atoms with Crippen molar-refractivity contribution >= 4 is 45.7 Å². The molecule has 0 aromatic carbocycles. The van der Waals surface area contributed by atoms with E-state index in [4.69, 9.17) is 16.3 Å². The van der Waals surface area contributed by atoms with Crippen LogP contribution in [0, 0.1) is 0 Å².